The zero-order chi connectivity index (χ0) is 22.4. The average molecular weight is 471 g/mol. The van der Waals surface area contributed by atoms with E-state index in [2.05, 4.69) is 10.00 Å². The maximum absolute atomic E-state index is 13.1. The van der Waals surface area contributed by atoms with Crippen molar-refractivity contribution in [3.63, 3.8) is 0 Å². The first-order chi connectivity index (χ1) is 14.6. The molecule has 1 atom stereocenters. The predicted molar refractivity (Wildman–Crippen MR) is 117 cm³/mol. The maximum atomic E-state index is 13.1. The highest BCUT2D eigenvalue weighted by Gasteiger charge is 2.33. The van der Waals surface area contributed by atoms with Crippen LogP contribution in [0.1, 0.15) is 29.4 Å². The summed E-state index contributed by atoms with van der Waals surface area (Å²) in [5.41, 5.74) is 3.26. The van der Waals surface area contributed by atoms with Crippen LogP contribution in [0.5, 0.6) is 0 Å². The molecule has 2 aromatic rings. The van der Waals surface area contributed by atoms with E-state index < -0.39 is 25.7 Å². The molecule has 0 aliphatic carbocycles. The Bertz CT molecular complexity index is 1170. The third-order valence-electron chi connectivity index (χ3n) is 6.05. The molecule has 0 saturated carbocycles. The molecule has 3 heterocycles. The molecule has 1 aromatic carbocycles. The van der Waals surface area contributed by atoms with E-state index in [0.717, 1.165) is 17.1 Å². The van der Waals surface area contributed by atoms with Crippen molar-refractivity contribution in [2.75, 3.05) is 42.6 Å². The summed E-state index contributed by atoms with van der Waals surface area (Å²) >= 11 is 0. The van der Waals surface area contributed by atoms with Crippen LogP contribution in [0.2, 0.25) is 0 Å². The second-order valence-corrected chi connectivity index (χ2v) is 12.5. The van der Waals surface area contributed by atoms with E-state index in [0.29, 0.717) is 38.2 Å². The quantitative estimate of drug-likeness (QED) is 0.660. The number of hydrogen-bond donors (Lipinski definition) is 0. The van der Waals surface area contributed by atoms with Crippen molar-refractivity contribution in [3.8, 4) is 0 Å². The lowest BCUT2D eigenvalue weighted by molar-refractivity contribution is 0.384. The molecule has 0 spiro atoms. The standard InChI is InChI=1S/C20H27FN4O4S2/c1-15-20(16(2)25(22-15)19-7-12-30(26,27)14-19)23-8-10-24(11-9-23)31(28,29)13-17-3-5-18(21)6-4-17/h3-6,19H,7-14H2,1-2H3. The number of aromatic nitrogens is 2. The highest BCUT2D eigenvalue weighted by molar-refractivity contribution is 7.91. The number of aryl methyl sites for hydroxylation is 1. The Labute approximate surface area is 182 Å². The number of piperazine rings is 1. The Kier molecular flexibility index (Phi) is 5.86. The van der Waals surface area contributed by atoms with Crippen molar-refractivity contribution in [3.05, 3.63) is 47.0 Å². The number of nitrogens with zero attached hydrogens (tertiary/aromatic N) is 4. The first kappa shape index (κ1) is 22.2. The number of sulfonamides is 1. The first-order valence-electron chi connectivity index (χ1n) is 10.3. The van der Waals surface area contributed by atoms with Crippen molar-refractivity contribution in [1.82, 2.24) is 14.1 Å². The van der Waals surface area contributed by atoms with Crippen molar-refractivity contribution in [2.24, 2.45) is 0 Å². The van der Waals surface area contributed by atoms with Gasteiger partial charge in [-0.25, -0.2) is 21.2 Å². The van der Waals surface area contributed by atoms with E-state index in [4.69, 9.17) is 0 Å². The van der Waals surface area contributed by atoms with E-state index in [1.807, 2.05) is 18.5 Å². The van der Waals surface area contributed by atoms with Gasteiger partial charge in [0.05, 0.1) is 40.4 Å². The molecule has 2 aliphatic heterocycles. The van der Waals surface area contributed by atoms with Crippen LogP contribution in [-0.2, 0) is 25.6 Å². The lowest BCUT2D eigenvalue weighted by atomic mass is 10.2. The molecule has 1 aromatic heterocycles. The topological polar surface area (TPSA) is 92.6 Å². The number of sulfone groups is 1. The molecule has 0 bridgehead atoms. The van der Waals surface area contributed by atoms with Gasteiger partial charge in [0, 0.05) is 26.2 Å². The Morgan fingerprint density at radius 3 is 2.32 bits per heavy atom. The normalized spacial score (nSPS) is 22.2. The van der Waals surface area contributed by atoms with Crippen LogP contribution < -0.4 is 4.90 Å². The van der Waals surface area contributed by atoms with Gasteiger partial charge in [-0.1, -0.05) is 12.1 Å². The number of rotatable bonds is 5. The summed E-state index contributed by atoms with van der Waals surface area (Å²) in [5, 5.41) is 4.61. The first-order valence-corrected chi connectivity index (χ1v) is 13.7. The van der Waals surface area contributed by atoms with Crippen LogP contribution in [0, 0.1) is 19.7 Å². The Hall–Kier alpha value is -1.98. The summed E-state index contributed by atoms with van der Waals surface area (Å²) in [4.78, 5) is 2.13. The van der Waals surface area contributed by atoms with E-state index in [1.54, 1.807) is 0 Å². The minimum absolute atomic E-state index is 0.115. The van der Waals surface area contributed by atoms with E-state index in [1.165, 1.54) is 28.6 Å². The summed E-state index contributed by atoms with van der Waals surface area (Å²) in [7, 11) is -6.51. The van der Waals surface area contributed by atoms with Gasteiger partial charge in [0.25, 0.3) is 0 Å². The minimum Gasteiger partial charge on any atom is -0.366 e. The SMILES string of the molecule is Cc1nn(C2CCS(=O)(=O)C2)c(C)c1N1CCN(S(=O)(=O)Cc2ccc(F)cc2)CC1. The van der Waals surface area contributed by atoms with Crippen molar-refractivity contribution in [2.45, 2.75) is 32.1 Å². The van der Waals surface area contributed by atoms with Crippen molar-refractivity contribution in [1.29, 1.82) is 0 Å². The largest absolute Gasteiger partial charge is 0.366 e. The third kappa shape index (κ3) is 4.63. The van der Waals surface area contributed by atoms with E-state index in [-0.39, 0.29) is 23.3 Å². The summed E-state index contributed by atoms with van der Waals surface area (Å²) in [5.74, 6) is -0.240. The molecular formula is C20H27FN4O4S2. The van der Waals surface area contributed by atoms with Crippen LogP contribution in [0.4, 0.5) is 10.1 Å². The minimum atomic E-state index is -3.50. The summed E-state index contributed by atoms with van der Waals surface area (Å²) < 4.78 is 65.7. The van der Waals surface area contributed by atoms with Crippen LogP contribution in [0.25, 0.3) is 0 Å². The molecule has 2 saturated heterocycles. The van der Waals surface area contributed by atoms with Gasteiger partial charge in [0.15, 0.2) is 9.84 Å². The van der Waals surface area contributed by atoms with Crippen LogP contribution >= 0.6 is 0 Å². The van der Waals surface area contributed by atoms with Gasteiger partial charge in [-0.15, -0.1) is 0 Å². The number of hydrogen-bond acceptors (Lipinski definition) is 6. The maximum Gasteiger partial charge on any atom is 0.218 e. The Balaban J connectivity index is 1.45. The lowest BCUT2D eigenvalue weighted by Crippen LogP contribution is -2.49. The van der Waals surface area contributed by atoms with Crippen molar-refractivity contribution < 1.29 is 21.2 Å². The van der Waals surface area contributed by atoms with E-state index >= 15 is 0 Å². The molecule has 11 heteroatoms. The van der Waals surface area contributed by atoms with Crippen LogP contribution in [0.15, 0.2) is 24.3 Å². The fraction of sp³-hybridized carbons (Fsp3) is 0.550. The van der Waals surface area contributed by atoms with Gasteiger partial charge in [0.2, 0.25) is 10.0 Å². The highest BCUT2D eigenvalue weighted by Crippen LogP contribution is 2.32. The van der Waals surface area contributed by atoms with E-state index in [9.17, 15) is 21.2 Å². The average Bonchev–Trinajstić information content (AvgIpc) is 3.21. The summed E-state index contributed by atoms with van der Waals surface area (Å²) in [6.07, 6.45) is 0.569. The second kappa shape index (κ2) is 8.18. The van der Waals surface area contributed by atoms with Gasteiger partial charge < -0.3 is 4.90 Å². The Morgan fingerprint density at radius 2 is 1.74 bits per heavy atom. The molecule has 8 nitrogen and oxygen atoms in total. The second-order valence-electron chi connectivity index (χ2n) is 8.29. The molecule has 0 N–H and O–H groups in total. The molecule has 31 heavy (non-hydrogen) atoms. The fourth-order valence-electron chi connectivity index (χ4n) is 4.51. The number of halogens is 1. The highest BCUT2D eigenvalue weighted by atomic mass is 32.2. The molecule has 0 radical (unpaired) electrons. The molecule has 2 fully saturated rings. The molecule has 170 valence electrons. The molecule has 2 aliphatic rings. The van der Waals surface area contributed by atoms with Crippen LogP contribution in [-0.4, -0.2) is 68.6 Å². The van der Waals surface area contributed by atoms with Gasteiger partial charge >= 0.3 is 0 Å². The van der Waals surface area contributed by atoms with Crippen LogP contribution in [0.3, 0.4) is 0 Å². The fourth-order valence-corrected chi connectivity index (χ4v) is 7.72. The monoisotopic (exact) mass is 470 g/mol. The molecule has 0 amide bonds. The van der Waals surface area contributed by atoms with Gasteiger partial charge in [-0.3, -0.25) is 4.68 Å². The Morgan fingerprint density at radius 1 is 1.10 bits per heavy atom. The predicted octanol–water partition coefficient (Wildman–Crippen LogP) is 1.65. The number of benzene rings is 1. The molecule has 4 rings (SSSR count). The smallest absolute Gasteiger partial charge is 0.218 e. The third-order valence-corrected chi connectivity index (χ3v) is 9.65. The van der Waals surface area contributed by atoms with Crippen molar-refractivity contribution >= 4 is 25.5 Å². The number of anilines is 1. The molecular weight excluding hydrogens is 443 g/mol. The van der Waals surface area contributed by atoms with Gasteiger partial charge in [-0.05, 0) is 38.0 Å². The summed E-state index contributed by atoms with van der Waals surface area (Å²) in [6, 6.07) is 5.37. The zero-order valence-electron chi connectivity index (χ0n) is 17.7. The summed E-state index contributed by atoms with van der Waals surface area (Å²) in [6.45, 7) is 5.60. The lowest BCUT2D eigenvalue weighted by Gasteiger charge is -2.35. The van der Waals surface area contributed by atoms with Gasteiger partial charge in [0.1, 0.15) is 5.82 Å². The zero-order valence-corrected chi connectivity index (χ0v) is 19.3. The molecule has 1 unspecified atom stereocenters. The van der Waals surface area contributed by atoms with Gasteiger partial charge in [-0.2, -0.15) is 9.40 Å².